The van der Waals surface area contributed by atoms with Gasteiger partial charge in [-0.15, -0.1) is 0 Å². The van der Waals surface area contributed by atoms with Crippen molar-refractivity contribution < 1.29 is 18.3 Å². The standard InChI is InChI=1S/C15H21NO4S/c1-2-21(19,20)14-9-7-13(8-10-14)16-12-5-3-11(4-6-12)15(17)18/h7-12,16H,2-6H2,1H3,(H,17,18). The van der Waals surface area contributed by atoms with E-state index in [0.29, 0.717) is 17.7 Å². The fraction of sp³-hybridized carbons (Fsp3) is 0.533. The number of carboxylic acids is 1. The molecular weight excluding hydrogens is 290 g/mol. The third-order valence-electron chi connectivity index (χ3n) is 4.04. The average Bonchev–Trinajstić information content (AvgIpc) is 2.48. The molecule has 2 rings (SSSR count). The van der Waals surface area contributed by atoms with Crippen molar-refractivity contribution in [3.8, 4) is 0 Å². The summed E-state index contributed by atoms with van der Waals surface area (Å²) in [5.74, 6) is -0.832. The van der Waals surface area contributed by atoms with Crippen LogP contribution in [0, 0.1) is 5.92 Å². The van der Waals surface area contributed by atoms with E-state index < -0.39 is 15.8 Å². The fourth-order valence-electron chi connectivity index (χ4n) is 2.65. The lowest BCUT2D eigenvalue weighted by molar-refractivity contribution is -0.142. The first-order valence-electron chi connectivity index (χ1n) is 7.24. The molecule has 0 saturated heterocycles. The van der Waals surface area contributed by atoms with Crippen LogP contribution in [-0.4, -0.2) is 31.3 Å². The number of benzene rings is 1. The maximum absolute atomic E-state index is 11.7. The quantitative estimate of drug-likeness (QED) is 0.873. The predicted molar refractivity (Wildman–Crippen MR) is 81.2 cm³/mol. The largest absolute Gasteiger partial charge is 0.481 e. The number of rotatable bonds is 5. The van der Waals surface area contributed by atoms with Crippen molar-refractivity contribution in [3.63, 3.8) is 0 Å². The molecule has 0 heterocycles. The monoisotopic (exact) mass is 311 g/mol. The van der Waals surface area contributed by atoms with Crippen molar-refractivity contribution in [2.24, 2.45) is 5.92 Å². The summed E-state index contributed by atoms with van der Waals surface area (Å²) in [6, 6.07) is 7.03. The summed E-state index contributed by atoms with van der Waals surface area (Å²) < 4.78 is 23.5. The topological polar surface area (TPSA) is 83.5 Å². The normalized spacial score (nSPS) is 22.7. The summed E-state index contributed by atoms with van der Waals surface area (Å²) in [5.41, 5.74) is 0.879. The molecule has 0 spiro atoms. The third-order valence-corrected chi connectivity index (χ3v) is 5.79. The van der Waals surface area contributed by atoms with E-state index in [4.69, 9.17) is 5.11 Å². The minimum Gasteiger partial charge on any atom is -0.481 e. The van der Waals surface area contributed by atoms with Crippen LogP contribution in [0.25, 0.3) is 0 Å². The first kappa shape index (κ1) is 15.8. The average molecular weight is 311 g/mol. The molecule has 0 unspecified atom stereocenters. The molecule has 1 aromatic carbocycles. The molecule has 0 aromatic heterocycles. The first-order chi connectivity index (χ1) is 9.92. The van der Waals surface area contributed by atoms with Crippen LogP contribution >= 0.6 is 0 Å². The Bertz CT molecular complexity index is 587. The van der Waals surface area contributed by atoms with Crippen LogP contribution in [0.15, 0.2) is 29.2 Å². The van der Waals surface area contributed by atoms with E-state index in [9.17, 15) is 13.2 Å². The van der Waals surface area contributed by atoms with E-state index in [2.05, 4.69) is 5.32 Å². The molecule has 1 aromatic rings. The van der Waals surface area contributed by atoms with Crippen LogP contribution < -0.4 is 5.32 Å². The zero-order chi connectivity index (χ0) is 15.5. The summed E-state index contributed by atoms with van der Waals surface area (Å²) in [7, 11) is -3.16. The third kappa shape index (κ3) is 3.97. The number of sulfone groups is 1. The molecule has 5 nitrogen and oxygen atoms in total. The van der Waals surface area contributed by atoms with Gasteiger partial charge in [-0.2, -0.15) is 0 Å². The molecule has 0 amide bonds. The number of carboxylic acid groups (broad SMARTS) is 1. The van der Waals surface area contributed by atoms with Gasteiger partial charge in [-0.25, -0.2) is 8.42 Å². The highest BCUT2D eigenvalue weighted by Gasteiger charge is 2.25. The fourth-order valence-corrected chi connectivity index (χ4v) is 3.53. The number of nitrogens with one attached hydrogen (secondary N) is 1. The zero-order valence-electron chi connectivity index (χ0n) is 12.1. The van der Waals surface area contributed by atoms with Gasteiger partial charge in [0.1, 0.15) is 0 Å². The minimum atomic E-state index is -3.16. The van der Waals surface area contributed by atoms with Gasteiger partial charge in [0, 0.05) is 11.7 Å². The highest BCUT2D eigenvalue weighted by molar-refractivity contribution is 7.91. The highest BCUT2D eigenvalue weighted by Crippen LogP contribution is 2.27. The Morgan fingerprint density at radius 2 is 1.76 bits per heavy atom. The van der Waals surface area contributed by atoms with E-state index >= 15 is 0 Å². The number of hydrogen-bond donors (Lipinski definition) is 2. The maximum atomic E-state index is 11.7. The molecule has 0 bridgehead atoms. The van der Waals surface area contributed by atoms with Gasteiger partial charge in [0.25, 0.3) is 0 Å². The molecule has 21 heavy (non-hydrogen) atoms. The molecule has 0 radical (unpaired) electrons. The van der Waals surface area contributed by atoms with E-state index in [1.807, 2.05) is 0 Å². The first-order valence-corrected chi connectivity index (χ1v) is 8.89. The second-order valence-electron chi connectivity index (χ2n) is 5.46. The smallest absolute Gasteiger partial charge is 0.306 e. The van der Waals surface area contributed by atoms with Gasteiger partial charge in [0.05, 0.1) is 16.6 Å². The van der Waals surface area contributed by atoms with Crippen LogP contribution in [0.2, 0.25) is 0 Å². The summed E-state index contributed by atoms with van der Waals surface area (Å²) in [6.07, 6.45) is 3.03. The molecule has 1 aliphatic rings. The van der Waals surface area contributed by atoms with Crippen molar-refractivity contribution in [2.75, 3.05) is 11.1 Å². The van der Waals surface area contributed by atoms with E-state index in [1.54, 1.807) is 31.2 Å². The Kier molecular flexibility index (Phi) is 4.88. The van der Waals surface area contributed by atoms with E-state index in [0.717, 1.165) is 18.5 Å². The van der Waals surface area contributed by atoms with Crippen LogP contribution in [0.5, 0.6) is 0 Å². The predicted octanol–water partition coefficient (Wildman–Crippen LogP) is 2.54. The Labute approximate surface area is 125 Å². The summed E-state index contributed by atoms with van der Waals surface area (Å²) in [5, 5.41) is 12.3. The minimum absolute atomic E-state index is 0.0962. The van der Waals surface area contributed by atoms with Crippen molar-refractivity contribution >= 4 is 21.5 Å². The molecule has 6 heteroatoms. The van der Waals surface area contributed by atoms with E-state index in [1.165, 1.54) is 0 Å². The summed E-state index contributed by atoms with van der Waals surface area (Å²) in [4.78, 5) is 11.2. The van der Waals surface area contributed by atoms with Gasteiger partial charge < -0.3 is 10.4 Å². The van der Waals surface area contributed by atoms with Crippen LogP contribution in [0.1, 0.15) is 32.6 Å². The molecule has 1 fully saturated rings. The van der Waals surface area contributed by atoms with Crippen LogP contribution in [0.4, 0.5) is 5.69 Å². The second kappa shape index (κ2) is 6.47. The zero-order valence-corrected chi connectivity index (χ0v) is 12.9. The van der Waals surface area contributed by atoms with Gasteiger partial charge in [0.15, 0.2) is 9.84 Å². The van der Waals surface area contributed by atoms with Gasteiger partial charge >= 0.3 is 5.97 Å². The van der Waals surface area contributed by atoms with Crippen molar-refractivity contribution in [1.29, 1.82) is 0 Å². The summed E-state index contributed by atoms with van der Waals surface area (Å²) >= 11 is 0. The lowest BCUT2D eigenvalue weighted by atomic mass is 9.86. The molecule has 0 aliphatic heterocycles. The van der Waals surface area contributed by atoms with Gasteiger partial charge in [-0.05, 0) is 49.9 Å². The maximum Gasteiger partial charge on any atom is 0.306 e. The Morgan fingerprint density at radius 3 is 2.24 bits per heavy atom. The second-order valence-corrected chi connectivity index (χ2v) is 7.74. The lowest BCUT2D eigenvalue weighted by Gasteiger charge is -2.27. The number of anilines is 1. The summed E-state index contributed by atoms with van der Waals surface area (Å²) in [6.45, 7) is 1.63. The molecule has 2 N–H and O–H groups in total. The molecule has 0 atom stereocenters. The van der Waals surface area contributed by atoms with Gasteiger partial charge in [-0.3, -0.25) is 4.79 Å². The van der Waals surface area contributed by atoms with Crippen molar-refractivity contribution in [1.82, 2.24) is 0 Å². The molecule has 116 valence electrons. The molecular formula is C15H21NO4S. The Hall–Kier alpha value is -1.56. The number of hydrogen-bond acceptors (Lipinski definition) is 4. The van der Waals surface area contributed by atoms with E-state index in [-0.39, 0.29) is 17.7 Å². The van der Waals surface area contributed by atoms with Gasteiger partial charge in [-0.1, -0.05) is 6.92 Å². The van der Waals surface area contributed by atoms with Crippen LogP contribution in [-0.2, 0) is 14.6 Å². The SMILES string of the molecule is CCS(=O)(=O)c1ccc(NC2CCC(C(=O)O)CC2)cc1. The highest BCUT2D eigenvalue weighted by atomic mass is 32.2. The van der Waals surface area contributed by atoms with Crippen molar-refractivity contribution in [3.05, 3.63) is 24.3 Å². The number of carbonyl (C=O) groups is 1. The Morgan fingerprint density at radius 1 is 1.19 bits per heavy atom. The Balaban J connectivity index is 1.94. The van der Waals surface area contributed by atoms with Crippen molar-refractivity contribution in [2.45, 2.75) is 43.5 Å². The van der Waals surface area contributed by atoms with Gasteiger partial charge in [0.2, 0.25) is 0 Å². The van der Waals surface area contributed by atoms with Crippen LogP contribution in [0.3, 0.4) is 0 Å². The molecule has 1 saturated carbocycles. The lowest BCUT2D eigenvalue weighted by Crippen LogP contribution is -2.29. The number of aliphatic carboxylic acids is 1. The molecule has 1 aliphatic carbocycles.